The van der Waals surface area contributed by atoms with Crippen LogP contribution in [0.1, 0.15) is 13.3 Å². The highest BCUT2D eigenvalue weighted by molar-refractivity contribution is 6.02. The molecule has 16 heavy (non-hydrogen) atoms. The van der Waals surface area contributed by atoms with Crippen molar-refractivity contribution in [1.82, 2.24) is 0 Å². The lowest BCUT2D eigenvalue weighted by molar-refractivity contribution is -0.152. The summed E-state index contributed by atoms with van der Waals surface area (Å²) in [5, 5.41) is 5.52. The third kappa shape index (κ3) is 1.98. The van der Waals surface area contributed by atoms with Crippen LogP contribution in [0.4, 0.5) is 11.4 Å². The molecule has 0 bridgehead atoms. The number of fused-ring (bicyclic) bond motifs is 1. The molecule has 0 spiro atoms. The number of ether oxygens (including phenoxy) is 1. The SMILES string of the molecule is CCC(=O)OC1Nc2ccccc2NC1=O. The zero-order valence-electron chi connectivity index (χ0n) is 8.82. The lowest BCUT2D eigenvalue weighted by atomic mass is 10.2. The number of para-hydroxylation sites is 2. The molecule has 84 valence electrons. The molecule has 1 aliphatic rings. The zero-order valence-corrected chi connectivity index (χ0v) is 8.82. The number of nitrogens with one attached hydrogen (secondary N) is 2. The molecule has 1 unspecified atom stereocenters. The number of anilines is 2. The molecule has 1 heterocycles. The molecule has 2 N–H and O–H groups in total. The highest BCUT2D eigenvalue weighted by Gasteiger charge is 2.27. The Balaban J connectivity index is 2.15. The molecule has 1 aliphatic heterocycles. The van der Waals surface area contributed by atoms with Gasteiger partial charge in [-0.05, 0) is 12.1 Å². The molecular formula is C11H12N2O3. The van der Waals surface area contributed by atoms with Gasteiger partial charge in [0.25, 0.3) is 12.1 Å². The Morgan fingerprint density at radius 3 is 2.75 bits per heavy atom. The van der Waals surface area contributed by atoms with Crippen molar-refractivity contribution in [3.8, 4) is 0 Å². The van der Waals surface area contributed by atoms with Gasteiger partial charge in [0, 0.05) is 6.42 Å². The molecule has 1 aromatic carbocycles. The first-order valence-corrected chi connectivity index (χ1v) is 5.06. The van der Waals surface area contributed by atoms with Gasteiger partial charge in [0.05, 0.1) is 11.4 Å². The number of hydrogen-bond acceptors (Lipinski definition) is 4. The van der Waals surface area contributed by atoms with Crippen LogP contribution >= 0.6 is 0 Å². The predicted molar refractivity (Wildman–Crippen MR) is 58.9 cm³/mol. The fourth-order valence-corrected chi connectivity index (χ4v) is 1.42. The van der Waals surface area contributed by atoms with Crippen molar-refractivity contribution >= 4 is 23.3 Å². The van der Waals surface area contributed by atoms with Crippen LogP contribution in [0.15, 0.2) is 24.3 Å². The van der Waals surface area contributed by atoms with E-state index in [-0.39, 0.29) is 12.3 Å². The summed E-state index contributed by atoms with van der Waals surface area (Å²) in [6.07, 6.45) is -0.699. The van der Waals surface area contributed by atoms with Crippen molar-refractivity contribution in [2.75, 3.05) is 10.6 Å². The van der Waals surface area contributed by atoms with Crippen molar-refractivity contribution < 1.29 is 14.3 Å². The Hall–Kier alpha value is -2.04. The second-order valence-electron chi connectivity index (χ2n) is 3.40. The summed E-state index contributed by atoms with van der Waals surface area (Å²) in [6.45, 7) is 1.68. The number of esters is 1. The zero-order chi connectivity index (χ0) is 11.5. The van der Waals surface area contributed by atoms with E-state index in [9.17, 15) is 9.59 Å². The minimum absolute atomic E-state index is 0.243. The van der Waals surface area contributed by atoms with Gasteiger partial charge in [0.2, 0.25) is 0 Å². The van der Waals surface area contributed by atoms with Crippen molar-refractivity contribution in [3.05, 3.63) is 24.3 Å². The van der Waals surface area contributed by atoms with Gasteiger partial charge in [0.1, 0.15) is 0 Å². The standard InChI is InChI=1S/C11H12N2O3/c1-2-9(14)16-11-10(15)12-7-5-3-4-6-8(7)13-11/h3-6,11,13H,2H2,1H3,(H,12,15). The molecule has 1 aromatic rings. The second-order valence-corrected chi connectivity index (χ2v) is 3.40. The lowest BCUT2D eigenvalue weighted by Crippen LogP contribution is -2.42. The van der Waals surface area contributed by atoms with Crippen LogP contribution < -0.4 is 10.6 Å². The summed E-state index contributed by atoms with van der Waals surface area (Å²) in [5.74, 6) is -0.771. The lowest BCUT2D eigenvalue weighted by Gasteiger charge is -2.26. The minimum Gasteiger partial charge on any atom is -0.432 e. The molecule has 1 amide bonds. The predicted octanol–water partition coefficient (Wildman–Crippen LogP) is 1.33. The topological polar surface area (TPSA) is 67.4 Å². The summed E-state index contributed by atoms with van der Waals surface area (Å²) in [6, 6.07) is 7.24. The Morgan fingerprint density at radius 1 is 1.38 bits per heavy atom. The maximum absolute atomic E-state index is 11.6. The van der Waals surface area contributed by atoms with E-state index in [2.05, 4.69) is 10.6 Å². The van der Waals surface area contributed by atoms with Gasteiger partial charge in [0.15, 0.2) is 0 Å². The maximum atomic E-state index is 11.6. The van der Waals surface area contributed by atoms with Crippen LogP contribution in [0.25, 0.3) is 0 Å². The molecule has 0 fully saturated rings. The number of rotatable bonds is 2. The van der Waals surface area contributed by atoms with Crippen LogP contribution in [0, 0.1) is 0 Å². The molecular weight excluding hydrogens is 208 g/mol. The molecule has 2 rings (SSSR count). The van der Waals surface area contributed by atoms with E-state index in [0.717, 1.165) is 5.69 Å². The smallest absolute Gasteiger partial charge is 0.307 e. The first-order chi connectivity index (χ1) is 7.70. The van der Waals surface area contributed by atoms with Crippen molar-refractivity contribution in [2.24, 2.45) is 0 Å². The highest BCUT2D eigenvalue weighted by atomic mass is 16.6. The molecule has 5 nitrogen and oxygen atoms in total. The average molecular weight is 220 g/mol. The first kappa shape index (κ1) is 10.5. The van der Waals surface area contributed by atoms with Crippen molar-refractivity contribution in [2.45, 2.75) is 19.6 Å². The van der Waals surface area contributed by atoms with Gasteiger partial charge in [-0.1, -0.05) is 19.1 Å². The summed E-state index contributed by atoms with van der Waals surface area (Å²) >= 11 is 0. The monoisotopic (exact) mass is 220 g/mol. The maximum Gasteiger partial charge on any atom is 0.307 e. The Morgan fingerprint density at radius 2 is 2.06 bits per heavy atom. The summed E-state index contributed by atoms with van der Waals surface area (Å²) < 4.78 is 4.95. The quantitative estimate of drug-likeness (QED) is 0.738. The Bertz CT molecular complexity index is 431. The van der Waals surface area contributed by atoms with Gasteiger partial charge in [-0.2, -0.15) is 0 Å². The van der Waals surface area contributed by atoms with Gasteiger partial charge in [-0.15, -0.1) is 0 Å². The van der Waals surface area contributed by atoms with E-state index < -0.39 is 12.2 Å². The molecule has 0 saturated carbocycles. The fourth-order valence-electron chi connectivity index (χ4n) is 1.42. The number of carbonyl (C=O) groups is 2. The minimum atomic E-state index is -0.942. The number of carbonyl (C=O) groups excluding carboxylic acids is 2. The van der Waals surface area contributed by atoms with E-state index in [1.807, 2.05) is 18.2 Å². The van der Waals surface area contributed by atoms with Gasteiger partial charge in [-0.25, -0.2) is 0 Å². The van der Waals surface area contributed by atoms with Crippen molar-refractivity contribution in [1.29, 1.82) is 0 Å². The van der Waals surface area contributed by atoms with Crippen LogP contribution in [0.5, 0.6) is 0 Å². The van der Waals surface area contributed by atoms with E-state index in [1.54, 1.807) is 13.0 Å². The van der Waals surface area contributed by atoms with Crippen LogP contribution in [-0.4, -0.2) is 18.1 Å². The van der Waals surface area contributed by atoms with E-state index in [0.29, 0.717) is 5.69 Å². The third-order valence-electron chi connectivity index (χ3n) is 2.25. The van der Waals surface area contributed by atoms with Gasteiger partial charge >= 0.3 is 5.97 Å². The third-order valence-corrected chi connectivity index (χ3v) is 2.25. The Labute approximate surface area is 92.8 Å². The van der Waals surface area contributed by atoms with Crippen LogP contribution in [0.3, 0.4) is 0 Å². The van der Waals surface area contributed by atoms with Gasteiger partial charge < -0.3 is 15.4 Å². The number of benzene rings is 1. The molecule has 0 aliphatic carbocycles. The normalized spacial score (nSPS) is 18.1. The molecule has 0 aromatic heterocycles. The number of amides is 1. The van der Waals surface area contributed by atoms with E-state index in [1.165, 1.54) is 0 Å². The summed E-state index contributed by atoms with van der Waals surface area (Å²) in [5.41, 5.74) is 1.44. The van der Waals surface area contributed by atoms with Crippen LogP contribution in [0.2, 0.25) is 0 Å². The average Bonchev–Trinajstić information content (AvgIpc) is 2.30. The Kier molecular flexibility index (Phi) is 2.76. The second kappa shape index (κ2) is 4.22. The first-order valence-electron chi connectivity index (χ1n) is 5.06. The fraction of sp³-hybridized carbons (Fsp3) is 0.273. The molecule has 0 saturated heterocycles. The summed E-state index contributed by atoms with van der Waals surface area (Å²) in [4.78, 5) is 22.7. The molecule has 0 radical (unpaired) electrons. The molecule has 5 heteroatoms. The molecule has 1 atom stereocenters. The van der Waals surface area contributed by atoms with Gasteiger partial charge in [-0.3, -0.25) is 9.59 Å². The summed E-state index contributed by atoms with van der Waals surface area (Å²) in [7, 11) is 0. The largest absolute Gasteiger partial charge is 0.432 e. The van der Waals surface area contributed by atoms with Crippen molar-refractivity contribution in [3.63, 3.8) is 0 Å². The van der Waals surface area contributed by atoms with Crippen LogP contribution in [-0.2, 0) is 14.3 Å². The van der Waals surface area contributed by atoms with E-state index >= 15 is 0 Å². The van der Waals surface area contributed by atoms with E-state index in [4.69, 9.17) is 4.74 Å². The number of hydrogen-bond donors (Lipinski definition) is 2. The highest BCUT2D eigenvalue weighted by Crippen LogP contribution is 2.26.